The minimum atomic E-state index is -2.28. The maximum Gasteiger partial charge on any atom is 0.309 e. The number of hydrogen-bond donors (Lipinski definition) is 0. The predicted molar refractivity (Wildman–Crippen MR) is 99.4 cm³/mol. The smallest absolute Gasteiger partial charge is 0.309 e. The number of benzene rings is 1. The summed E-state index contributed by atoms with van der Waals surface area (Å²) in [6.07, 6.45) is 1.51. The minimum absolute atomic E-state index is 0.0107. The van der Waals surface area contributed by atoms with Gasteiger partial charge in [-0.05, 0) is 28.8 Å². The summed E-state index contributed by atoms with van der Waals surface area (Å²) in [7, 11) is -0.828. The number of oxime groups is 1. The normalized spacial score (nSPS) is 12.4. The molecule has 1 aromatic carbocycles. The highest BCUT2D eigenvalue weighted by Crippen LogP contribution is 2.44. The molecule has 0 aliphatic carbocycles. The van der Waals surface area contributed by atoms with Crippen molar-refractivity contribution in [1.29, 1.82) is 0 Å². The topological polar surface area (TPSA) is 74.0 Å². The van der Waals surface area contributed by atoms with Crippen molar-refractivity contribution in [3.63, 3.8) is 0 Å². The molecule has 134 valence electrons. The highest BCUT2D eigenvalue weighted by Gasteiger charge is 2.47. The highest BCUT2D eigenvalue weighted by atomic mass is 28.4. The average Bonchev–Trinajstić information content (AvgIpc) is 2.49. The van der Waals surface area contributed by atoms with Gasteiger partial charge in [0.05, 0.1) is 11.1 Å². The SMILES string of the molecule is CON=Cc1ccc([N+](=O)[O-])c(O[Si](C(C)C)(C(C)C)C(C)C)c1. The van der Waals surface area contributed by atoms with Gasteiger partial charge in [0.2, 0.25) is 0 Å². The molecule has 0 N–H and O–H groups in total. The molecule has 0 aliphatic rings. The Morgan fingerprint density at radius 2 is 1.67 bits per heavy atom. The first-order chi connectivity index (χ1) is 11.2. The molecule has 0 bridgehead atoms. The Balaban J connectivity index is 3.45. The van der Waals surface area contributed by atoms with Gasteiger partial charge in [-0.15, -0.1) is 0 Å². The van der Waals surface area contributed by atoms with Gasteiger partial charge in [0.25, 0.3) is 8.32 Å². The molecule has 1 rings (SSSR count). The van der Waals surface area contributed by atoms with Gasteiger partial charge < -0.3 is 9.26 Å². The van der Waals surface area contributed by atoms with Crippen LogP contribution in [0, 0.1) is 10.1 Å². The van der Waals surface area contributed by atoms with Gasteiger partial charge in [-0.25, -0.2) is 0 Å². The van der Waals surface area contributed by atoms with Gasteiger partial charge in [0.15, 0.2) is 5.75 Å². The van der Waals surface area contributed by atoms with Crippen LogP contribution < -0.4 is 4.43 Å². The van der Waals surface area contributed by atoms with Crippen LogP contribution in [0.1, 0.15) is 47.1 Å². The first-order valence-electron chi connectivity index (χ1n) is 8.20. The second-order valence-electron chi connectivity index (χ2n) is 6.82. The van der Waals surface area contributed by atoms with E-state index in [1.807, 2.05) is 0 Å². The first-order valence-corrected chi connectivity index (χ1v) is 10.3. The zero-order valence-electron chi connectivity index (χ0n) is 15.6. The van der Waals surface area contributed by atoms with Gasteiger partial charge >= 0.3 is 5.69 Å². The van der Waals surface area contributed by atoms with Gasteiger partial charge in [-0.2, -0.15) is 0 Å². The summed E-state index contributed by atoms with van der Waals surface area (Å²) in [5.41, 5.74) is 1.68. The van der Waals surface area contributed by atoms with Crippen molar-refractivity contribution < 1.29 is 14.2 Å². The molecule has 0 radical (unpaired) electrons. The van der Waals surface area contributed by atoms with E-state index in [0.29, 0.717) is 27.9 Å². The molecule has 0 fully saturated rings. The molecule has 0 aromatic heterocycles. The third-order valence-electron chi connectivity index (χ3n) is 4.48. The van der Waals surface area contributed by atoms with Crippen LogP contribution >= 0.6 is 0 Å². The lowest BCUT2D eigenvalue weighted by Crippen LogP contribution is -2.50. The van der Waals surface area contributed by atoms with E-state index in [9.17, 15) is 10.1 Å². The summed E-state index contributed by atoms with van der Waals surface area (Å²) in [5.74, 6) is 0.322. The Morgan fingerprint density at radius 3 is 2.08 bits per heavy atom. The quantitative estimate of drug-likeness (QED) is 0.281. The second kappa shape index (κ2) is 8.28. The Labute approximate surface area is 145 Å². The molecule has 0 heterocycles. The van der Waals surface area contributed by atoms with Crippen LogP contribution in [0.4, 0.5) is 5.69 Å². The van der Waals surface area contributed by atoms with E-state index >= 15 is 0 Å². The van der Waals surface area contributed by atoms with Crippen LogP contribution in [-0.4, -0.2) is 26.6 Å². The molecule has 7 heteroatoms. The fourth-order valence-corrected chi connectivity index (χ4v) is 8.75. The molecule has 24 heavy (non-hydrogen) atoms. The van der Waals surface area contributed by atoms with Gasteiger partial charge in [0.1, 0.15) is 7.11 Å². The summed E-state index contributed by atoms with van der Waals surface area (Å²) >= 11 is 0. The molecule has 0 aliphatic heterocycles. The van der Waals surface area contributed by atoms with E-state index in [0.717, 1.165) is 0 Å². The third-order valence-corrected chi connectivity index (χ3v) is 10.5. The van der Waals surface area contributed by atoms with E-state index in [1.165, 1.54) is 19.4 Å². The Morgan fingerprint density at radius 1 is 1.12 bits per heavy atom. The first kappa shape index (κ1) is 20.2. The summed E-state index contributed by atoms with van der Waals surface area (Å²) in [4.78, 5) is 15.7. The number of nitro groups is 1. The lowest BCUT2D eigenvalue weighted by molar-refractivity contribution is -0.385. The maximum atomic E-state index is 11.4. The van der Waals surface area contributed by atoms with Crippen LogP contribution in [0.15, 0.2) is 23.4 Å². The third kappa shape index (κ3) is 4.14. The van der Waals surface area contributed by atoms with Crippen molar-refractivity contribution in [2.75, 3.05) is 7.11 Å². The maximum absolute atomic E-state index is 11.4. The van der Waals surface area contributed by atoms with Crippen molar-refractivity contribution in [2.24, 2.45) is 5.16 Å². The second-order valence-corrected chi connectivity index (χ2v) is 12.2. The Bertz CT molecular complexity index is 578. The number of hydrogen-bond acceptors (Lipinski definition) is 5. The van der Waals surface area contributed by atoms with Crippen molar-refractivity contribution in [1.82, 2.24) is 0 Å². The lowest BCUT2D eigenvalue weighted by atomic mass is 10.2. The molecular formula is C17H28N2O4Si. The van der Waals surface area contributed by atoms with E-state index in [-0.39, 0.29) is 5.69 Å². The zero-order valence-corrected chi connectivity index (χ0v) is 16.6. The van der Waals surface area contributed by atoms with E-state index in [4.69, 9.17) is 4.43 Å². The van der Waals surface area contributed by atoms with Crippen LogP contribution in [0.25, 0.3) is 0 Å². The average molecular weight is 353 g/mol. The zero-order chi connectivity index (χ0) is 18.5. The van der Waals surface area contributed by atoms with Gasteiger partial charge in [0, 0.05) is 11.6 Å². The molecular weight excluding hydrogens is 324 g/mol. The molecule has 0 unspecified atom stereocenters. The molecule has 6 nitrogen and oxygen atoms in total. The largest absolute Gasteiger partial charge is 0.538 e. The molecule has 0 atom stereocenters. The summed E-state index contributed by atoms with van der Waals surface area (Å²) in [5, 5.41) is 15.1. The van der Waals surface area contributed by atoms with E-state index in [1.54, 1.807) is 12.1 Å². The molecule has 0 spiro atoms. The number of nitro benzene ring substituents is 1. The molecule has 0 saturated carbocycles. The Hall–Kier alpha value is -1.89. The van der Waals surface area contributed by atoms with E-state index < -0.39 is 13.2 Å². The standard InChI is InChI=1S/C17H28N2O4Si/c1-12(2)24(13(3)4,14(5)6)23-17-10-15(11-18-22-7)8-9-16(17)19(20)21/h8-14H,1-7H3. The van der Waals surface area contributed by atoms with Crippen LogP contribution in [0.5, 0.6) is 5.75 Å². The van der Waals surface area contributed by atoms with Gasteiger partial charge in [-0.1, -0.05) is 46.7 Å². The lowest BCUT2D eigenvalue weighted by Gasteiger charge is -2.42. The van der Waals surface area contributed by atoms with Crippen molar-refractivity contribution in [3.05, 3.63) is 33.9 Å². The fourth-order valence-electron chi connectivity index (χ4n) is 3.50. The highest BCUT2D eigenvalue weighted by molar-refractivity contribution is 6.78. The van der Waals surface area contributed by atoms with E-state index in [2.05, 4.69) is 51.5 Å². The van der Waals surface area contributed by atoms with Crippen molar-refractivity contribution in [3.8, 4) is 5.75 Å². The number of nitrogens with zero attached hydrogens (tertiary/aromatic N) is 2. The minimum Gasteiger partial charge on any atom is -0.538 e. The van der Waals surface area contributed by atoms with Crippen molar-refractivity contribution in [2.45, 2.75) is 58.2 Å². The summed E-state index contributed by atoms with van der Waals surface area (Å²) in [6.45, 7) is 12.9. The van der Waals surface area contributed by atoms with Crippen LogP contribution in [0.3, 0.4) is 0 Å². The molecule has 0 amide bonds. The predicted octanol–water partition coefficient (Wildman–Crippen LogP) is 5.13. The summed E-state index contributed by atoms with van der Waals surface area (Å²) in [6, 6.07) is 4.78. The summed E-state index contributed by atoms with van der Waals surface area (Å²) < 4.78 is 6.49. The number of rotatable bonds is 8. The monoisotopic (exact) mass is 352 g/mol. The van der Waals surface area contributed by atoms with Gasteiger partial charge in [-0.3, -0.25) is 10.1 Å². The fraction of sp³-hybridized carbons (Fsp3) is 0.588. The van der Waals surface area contributed by atoms with Crippen LogP contribution in [-0.2, 0) is 4.84 Å². The van der Waals surface area contributed by atoms with Crippen LogP contribution in [0.2, 0.25) is 16.6 Å². The van der Waals surface area contributed by atoms with Crippen molar-refractivity contribution >= 4 is 20.2 Å². The molecule has 0 saturated heterocycles. The Kier molecular flexibility index (Phi) is 6.95. The molecule has 1 aromatic rings.